The van der Waals surface area contributed by atoms with Crippen LogP contribution in [0.2, 0.25) is 0 Å². The first-order chi connectivity index (χ1) is 9.25. The number of hydrogen-bond acceptors (Lipinski definition) is 4. The fourth-order valence-corrected chi connectivity index (χ4v) is 2.99. The molecule has 0 spiro atoms. The first kappa shape index (κ1) is 12.3. The van der Waals surface area contributed by atoms with Gasteiger partial charge in [-0.1, -0.05) is 18.6 Å². The molecule has 0 saturated carbocycles. The Hall–Kier alpha value is -1.75. The molecule has 3 rings (SSSR count). The van der Waals surface area contributed by atoms with Crippen LogP contribution in [-0.2, 0) is 6.42 Å². The van der Waals surface area contributed by atoms with E-state index in [1.165, 1.54) is 24.8 Å². The van der Waals surface area contributed by atoms with Crippen molar-refractivity contribution in [3.63, 3.8) is 0 Å². The fourth-order valence-electron chi connectivity index (χ4n) is 2.99. The molecule has 0 aliphatic carbocycles. The first-order valence-electron chi connectivity index (χ1n) is 6.87. The number of para-hydroxylation sites is 1. The third-order valence-electron chi connectivity index (χ3n) is 3.82. The highest BCUT2D eigenvalue weighted by Crippen LogP contribution is 2.38. The number of hydrazine groups is 1. The lowest BCUT2D eigenvalue weighted by Gasteiger charge is -2.37. The van der Waals surface area contributed by atoms with Gasteiger partial charge in [0.05, 0.1) is 5.69 Å². The summed E-state index contributed by atoms with van der Waals surface area (Å²) in [5.74, 6) is 0.577. The number of primary amides is 1. The van der Waals surface area contributed by atoms with E-state index in [0.717, 1.165) is 31.7 Å². The molecule has 0 radical (unpaired) electrons. The van der Waals surface area contributed by atoms with E-state index in [1.54, 1.807) is 0 Å². The third-order valence-corrected chi connectivity index (χ3v) is 3.82. The Balaban J connectivity index is 1.90. The van der Waals surface area contributed by atoms with Crippen LogP contribution in [0, 0.1) is 0 Å². The van der Waals surface area contributed by atoms with E-state index in [-0.39, 0.29) is 0 Å². The average molecular weight is 261 g/mol. The van der Waals surface area contributed by atoms with E-state index in [0.29, 0.717) is 5.75 Å². The van der Waals surface area contributed by atoms with E-state index in [2.05, 4.69) is 16.1 Å². The molecule has 1 amide bonds. The van der Waals surface area contributed by atoms with Crippen molar-refractivity contribution in [2.45, 2.75) is 25.7 Å². The highest BCUT2D eigenvalue weighted by Gasteiger charge is 2.29. The number of piperidine rings is 1. The second-order valence-corrected chi connectivity index (χ2v) is 5.07. The van der Waals surface area contributed by atoms with Gasteiger partial charge in [0, 0.05) is 19.6 Å². The number of carbonyl (C=O) groups excluding carboxylic acids is 1. The predicted octanol–water partition coefficient (Wildman–Crippen LogP) is 1.91. The van der Waals surface area contributed by atoms with Crippen molar-refractivity contribution in [1.29, 1.82) is 0 Å². The summed E-state index contributed by atoms with van der Waals surface area (Å²) in [5.41, 5.74) is 7.39. The minimum absolute atomic E-state index is 0.577. The third kappa shape index (κ3) is 2.38. The van der Waals surface area contributed by atoms with Crippen molar-refractivity contribution >= 4 is 11.8 Å². The topological polar surface area (TPSA) is 58.8 Å². The van der Waals surface area contributed by atoms with Crippen molar-refractivity contribution in [1.82, 2.24) is 5.01 Å². The highest BCUT2D eigenvalue weighted by molar-refractivity contribution is 5.74. The molecule has 2 N–H and O–H groups in total. The SMILES string of the molecule is NC(=O)Oc1cccc2c1N(N1CCCCC1)CC2. The van der Waals surface area contributed by atoms with Gasteiger partial charge in [-0.25, -0.2) is 9.80 Å². The number of rotatable bonds is 2. The molecule has 1 saturated heterocycles. The van der Waals surface area contributed by atoms with Crippen LogP contribution in [0.15, 0.2) is 18.2 Å². The number of hydrogen-bond donors (Lipinski definition) is 1. The molecule has 5 heteroatoms. The van der Waals surface area contributed by atoms with E-state index in [1.807, 2.05) is 12.1 Å². The van der Waals surface area contributed by atoms with Crippen LogP contribution >= 0.6 is 0 Å². The van der Waals surface area contributed by atoms with Gasteiger partial charge in [0.15, 0.2) is 5.75 Å². The van der Waals surface area contributed by atoms with Gasteiger partial charge < -0.3 is 15.5 Å². The van der Waals surface area contributed by atoms with Gasteiger partial charge in [0.2, 0.25) is 0 Å². The van der Waals surface area contributed by atoms with Crippen molar-refractivity contribution in [3.8, 4) is 5.75 Å². The lowest BCUT2D eigenvalue weighted by molar-refractivity contribution is 0.204. The second-order valence-electron chi connectivity index (χ2n) is 5.07. The number of amides is 1. The zero-order valence-corrected chi connectivity index (χ0v) is 11.0. The molecule has 1 aromatic carbocycles. The van der Waals surface area contributed by atoms with Crippen LogP contribution in [-0.4, -0.2) is 30.7 Å². The zero-order valence-electron chi connectivity index (χ0n) is 11.0. The minimum Gasteiger partial charge on any atom is -0.408 e. The number of ether oxygens (including phenoxy) is 1. The summed E-state index contributed by atoms with van der Waals surface area (Å²) < 4.78 is 5.15. The number of carbonyl (C=O) groups is 1. The van der Waals surface area contributed by atoms with Crippen LogP contribution in [0.3, 0.4) is 0 Å². The molecule has 102 valence electrons. The van der Waals surface area contributed by atoms with E-state index in [9.17, 15) is 4.79 Å². The van der Waals surface area contributed by atoms with Crippen LogP contribution in [0.5, 0.6) is 5.75 Å². The molecular weight excluding hydrogens is 242 g/mol. The molecule has 0 bridgehead atoms. The molecule has 0 atom stereocenters. The zero-order chi connectivity index (χ0) is 13.2. The average Bonchev–Trinajstić information content (AvgIpc) is 2.84. The molecule has 1 fully saturated rings. The molecule has 0 unspecified atom stereocenters. The summed E-state index contributed by atoms with van der Waals surface area (Å²) in [4.78, 5) is 11.0. The van der Waals surface area contributed by atoms with Gasteiger partial charge in [-0.15, -0.1) is 0 Å². The summed E-state index contributed by atoms with van der Waals surface area (Å²) in [5, 5.41) is 4.62. The van der Waals surface area contributed by atoms with Crippen molar-refractivity contribution in [3.05, 3.63) is 23.8 Å². The van der Waals surface area contributed by atoms with Crippen LogP contribution in [0.25, 0.3) is 0 Å². The molecule has 19 heavy (non-hydrogen) atoms. The van der Waals surface area contributed by atoms with Crippen LogP contribution in [0.1, 0.15) is 24.8 Å². The number of nitrogens with zero attached hydrogens (tertiary/aromatic N) is 2. The Morgan fingerprint density at radius 3 is 2.68 bits per heavy atom. The smallest absolute Gasteiger partial charge is 0.408 e. The summed E-state index contributed by atoms with van der Waals surface area (Å²) in [6.45, 7) is 3.10. The van der Waals surface area contributed by atoms with E-state index in [4.69, 9.17) is 10.5 Å². The van der Waals surface area contributed by atoms with Gasteiger partial charge in [-0.2, -0.15) is 0 Å². The fraction of sp³-hybridized carbons (Fsp3) is 0.500. The Morgan fingerprint density at radius 1 is 1.16 bits per heavy atom. The van der Waals surface area contributed by atoms with E-state index < -0.39 is 6.09 Å². The lowest BCUT2D eigenvalue weighted by Crippen LogP contribution is -2.45. The Labute approximate surface area is 112 Å². The second kappa shape index (κ2) is 5.09. The Bertz CT molecular complexity index is 484. The monoisotopic (exact) mass is 261 g/mol. The van der Waals surface area contributed by atoms with E-state index >= 15 is 0 Å². The normalized spacial score (nSPS) is 19.3. The Morgan fingerprint density at radius 2 is 1.95 bits per heavy atom. The maximum atomic E-state index is 11.0. The van der Waals surface area contributed by atoms with Crippen molar-refractivity contribution in [2.24, 2.45) is 5.73 Å². The number of fused-ring (bicyclic) bond motifs is 1. The molecule has 1 aromatic rings. The molecular formula is C14H19N3O2. The van der Waals surface area contributed by atoms with Crippen molar-refractivity contribution < 1.29 is 9.53 Å². The summed E-state index contributed by atoms with van der Waals surface area (Å²) in [6.07, 6.45) is 3.99. The maximum absolute atomic E-state index is 11.0. The highest BCUT2D eigenvalue weighted by atomic mass is 16.5. The van der Waals surface area contributed by atoms with Gasteiger partial charge in [-0.05, 0) is 30.9 Å². The number of anilines is 1. The van der Waals surface area contributed by atoms with Crippen LogP contribution in [0.4, 0.5) is 10.5 Å². The quantitative estimate of drug-likeness (QED) is 0.883. The van der Waals surface area contributed by atoms with Gasteiger partial charge in [0.1, 0.15) is 0 Å². The molecule has 5 nitrogen and oxygen atoms in total. The largest absolute Gasteiger partial charge is 0.410 e. The molecule has 0 aromatic heterocycles. The van der Waals surface area contributed by atoms with Crippen molar-refractivity contribution in [2.75, 3.05) is 24.6 Å². The van der Waals surface area contributed by atoms with Crippen LogP contribution < -0.4 is 15.5 Å². The Kier molecular flexibility index (Phi) is 3.29. The molecule has 2 aliphatic rings. The number of benzene rings is 1. The van der Waals surface area contributed by atoms with Gasteiger partial charge >= 0.3 is 6.09 Å². The standard InChI is InChI=1S/C14H19N3O2/c15-14(18)19-12-6-4-5-11-7-10-17(13(11)12)16-8-2-1-3-9-16/h4-6H,1-3,7-10H2,(H2,15,18). The summed E-state index contributed by atoms with van der Waals surface area (Å²) in [7, 11) is 0. The molecule has 2 aliphatic heterocycles. The van der Waals surface area contributed by atoms with Gasteiger partial charge in [-0.3, -0.25) is 0 Å². The molecule has 2 heterocycles. The lowest BCUT2D eigenvalue weighted by atomic mass is 10.1. The minimum atomic E-state index is -0.751. The summed E-state index contributed by atoms with van der Waals surface area (Å²) >= 11 is 0. The van der Waals surface area contributed by atoms with Gasteiger partial charge in [0.25, 0.3) is 0 Å². The first-order valence-corrected chi connectivity index (χ1v) is 6.87. The predicted molar refractivity (Wildman–Crippen MR) is 73.1 cm³/mol. The summed E-state index contributed by atoms with van der Waals surface area (Å²) in [6, 6.07) is 5.82. The maximum Gasteiger partial charge on any atom is 0.410 e. The number of nitrogens with two attached hydrogens (primary N) is 1.